The number of hydrogen-bond donors (Lipinski definition) is 12. The summed E-state index contributed by atoms with van der Waals surface area (Å²) in [6.45, 7) is 3.49. The van der Waals surface area contributed by atoms with E-state index in [1.807, 2.05) is 6.92 Å². The predicted octanol–water partition coefficient (Wildman–Crippen LogP) is -2.84. The lowest BCUT2D eigenvalue weighted by atomic mass is 9.98. The van der Waals surface area contributed by atoms with Crippen molar-refractivity contribution in [2.24, 2.45) is 23.1 Å². The van der Waals surface area contributed by atoms with Crippen molar-refractivity contribution >= 4 is 47.0 Å². The van der Waals surface area contributed by atoms with Gasteiger partial charge in [-0.1, -0.05) is 38.8 Å². The van der Waals surface area contributed by atoms with Gasteiger partial charge in [-0.2, -0.15) is 0 Å². The number of nitrogen functional groups attached to an aromatic ring is 1. The number of aliphatic hydroxyl groups is 1. The zero-order valence-electron chi connectivity index (χ0n) is 31.4. The first-order valence-corrected chi connectivity index (χ1v) is 18.4. The maximum Gasteiger partial charge on any atom is 0.253 e. The van der Waals surface area contributed by atoms with Crippen molar-refractivity contribution in [2.45, 2.75) is 96.0 Å². The van der Waals surface area contributed by atoms with Crippen molar-refractivity contribution in [3.8, 4) is 0 Å². The Balaban J connectivity index is 2.57. The monoisotopic (exact) mass is 763 g/mol. The van der Waals surface area contributed by atoms with E-state index in [0.717, 1.165) is 6.42 Å². The number of carbonyl (C=O) groups excluding carboxylic acids is 7. The van der Waals surface area contributed by atoms with Gasteiger partial charge in [-0.05, 0) is 76.1 Å². The average molecular weight is 764 g/mol. The number of primary amides is 1. The van der Waals surface area contributed by atoms with E-state index in [-0.39, 0.29) is 37.6 Å². The largest absolute Gasteiger partial charge is 0.398 e. The number of para-hydroxylation sites is 1. The van der Waals surface area contributed by atoms with E-state index >= 15 is 0 Å². The Hall–Kier alpha value is -4.85. The first-order chi connectivity index (χ1) is 25.7. The molecule has 5 unspecified atom stereocenters. The number of unbranched alkanes of at least 4 members (excludes halogenated alkanes) is 3. The Morgan fingerprint density at radius 1 is 0.722 bits per heavy atom. The van der Waals surface area contributed by atoms with E-state index in [9.17, 15) is 38.7 Å². The summed E-state index contributed by atoms with van der Waals surface area (Å²) >= 11 is 0. The molecule has 19 heteroatoms. The van der Waals surface area contributed by atoms with E-state index in [4.69, 9.17) is 22.9 Å². The third-order valence-electron chi connectivity index (χ3n) is 8.57. The van der Waals surface area contributed by atoms with Crippen LogP contribution >= 0.6 is 0 Å². The summed E-state index contributed by atoms with van der Waals surface area (Å²) in [6.07, 6.45) is 3.13. The fourth-order valence-corrected chi connectivity index (χ4v) is 5.19. The van der Waals surface area contributed by atoms with Crippen molar-refractivity contribution in [3.05, 3.63) is 29.8 Å². The highest BCUT2D eigenvalue weighted by Crippen LogP contribution is 2.10. The van der Waals surface area contributed by atoms with Gasteiger partial charge in [0, 0.05) is 12.2 Å². The van der Waals surface area contributed by atoms with Crippen molar-refractivity contribution in [2.75, 3.05) is 45.0 Å². The highest BCUT2D eigenvalue weighted by atomic mass is 16.3. The molecule has 0 spiro atoms. The normalized spacial score (nSPS) is 13.6. The van der Waals surface area contributed by atoms with E-state index in [2.05, 4.69) is 37.2 Å². The molecule has 0 heterocycles. The van der Waals surface area contributed by atoms with Crippen molar-refractivity contribution in [1.29, 1.82) is 0 Å². The fourth-order valence-electron chi connectivity index (χ4n) is 5.19. The summed E-state index contributed by atoms with van der Waals surface area (Å²) in [7, 11) is 0. The second kappa shape index (κ2) is 26.8. The van der Waals surface area contributed by atoms with Gasteiger partial charge in [0.05, 0.1) is 25.2 Å². The number of nitrogens with one attached hydrogen (secondary N) is 7. The lowest BCUT2D eigenvalue weighted by molar-refractivity contribution is -0.132. The second-order valence-electron chi connectivity index (χ2n) is 12.9. The van der Waals surface area contributed by atoms with Crippen LogP contribution < -0.4 is 60.2 Å². The summed E-state index contributed by atoms with van der Waals surface area (Å²) in [4.78, 5) is 87.2. The number of carbonyl (C=O) groups is 7. The molecule has 0 saturated carbocycles. The van der Waals surface area contributed by atoms with Crippen LogP contribution in [0.1, 0.15) is 82.0 Å². The minimum Gasteiger partial charge on any atom is -0.398 e. The zero-order valence-corrected chi connectivity index (χ0v) is 31.4. The molecule has 54 heavy (non-hydrogen) atoms. The SMILES string of the molecule is CCC(C)C(NC(=O)CNC(=O)C(CCCCN)NC(=O)CNC(=O)C(CCC(O)NCCCCCNC(=O)c1ccccc1N)NC(=O)CN)C(N)=O. The van der Waals surface area contributed by atoms with Crippen LogP contribution in [0, 0.1) is 5.92 Å². The molecule has 1 aromatic carbocycles. The van der Waals surface area contributed by atoms with Gasteiger partial charge in [0.2, 0.25) is 35.4 Å². The Bertz CT molecular complexity index is 1370. The molecular formula is C35H61N11O8. The van der Waals surface area contributed by atoms with Crippen molar-refractivity contribution in [3.63, 3.8) is 0 Å². The number of hydrogen-bond acceptors (Lipinski definition) is 12. The van der Waals surface area contributed by atoms with Gasteiger partial charge in [-0.15, -0.1) is 0 Å². The molecular weight excluding hydrogens is 702 g/mol. The van der Waals surface area contributed by atoms with E-state index in [1.165, 1.54) is 0 Å². The van der Waals surface area contributed by atoms with Crippen LogP contribution in [0.25, 0.3) is 0 Å². The number of rotatable bonds is 28. The van der Waals surface area contributed by atoms with Gasteiger partial charge in [0.25, 0.3) is 5.91 Å². The summed E-state index contributed by atoms with van der Waals surface area (Å²) in [5.74, 6) is -4.48. The molecule has 0 fully saturated rings. The maximum absolute atomic E-state index is 13.0. The first kappa shape index (κ1) is 47.2. The van der Waals surface area contributed by atoms with Crippen LogP contribution in [0.15, 0.2) is 24.3 Å². The summed E-state index contributed by atoms with van der Waals surface area (Å²) in [5.41, 5.74) is 23.0. The molecule has 0 aliphatic heterocycles. The number of aliphatic hydroxyl groups excluding tert-OH is 1. The molecule has 5 atom stereocenters. The summed E-state index contributed by atoms with van der Waals surface area (Å²) < 4.78 is 0. The van der Waals surface area contributed by atoms with Crippen molar-refractivity contribution < 1.29 is 38.7 Å². The smallest absolute Gasteiger partial charge is 0.253 e. The summed E-state index contributed by atoms with van der Waals surface area (Å²) in [6, 6.07) is 3.71. The molecule has 0 bridgehead atoms. The number of anilines is 1. The first-order valence-electron chi connectivity index (χ1n) is 18.4. The van der Waals surface area contributed by atoms with Crippen molar-refractivity contribution in [1.82, 2.24) is 37.2 Å². The lowest BCUT2D eigenvalue weighted by Gasteiger charge is -2.22. The van der Waals surface area contributed by atoms with Gasteiger partial charge in [-0.25, -0.2) is 0 Å². The molecule has 7 amide bonds. The van der Waals surface area contributed by atoms with Crippen LogP contribution in [0.5, 0.6) is 0 Å². The lowest BCUT2D eigenvalue weighted by Crippen LogP contribution is -2.54. The molecule has 0 radical (unpaired) electrons. The zero-order chi connectivity index (χ0) is 40.5. The standard InChI is InChI=1S/C35H61N11O8/c1-3-22(2)31(32(39)51)46-30(50)21-43-34(53)25(13-7-8-16-36)45-29(49)20-42-35(54)26(44-28(48)19-37)14-15-27(47)40-17-9-4-10-18-41-33(52)23-11-5-6-12-24(23)38/h5-6,11-12,22,25-27,31,40,47H,3-4,7-10,13-21,36-38H2,1-2H3,(H2,39,51)(H,41,52)(H,42,54)(H,43,53)(H,44,48)(H,45,49)(H,46,50). The fraction of sp³-hybridized carbons (Fsp3) is 0.629. The quantitative estimate of drug-likeness (QED) is 0.0233. The van der Waals surface area contributed by atoms with Gasteiger partial charge >= 0.3 is 0 Å². The number of nitrogens with two attached hydrogens (primary N) is 4. The van der Waals surface area contributed by atoms with Gasteiger partial charge in [-0.3, -0.25) is 38.9 Å². The van der Waals surface area contributed by atoms with Crippen LogP contribution in [0.2, 0.25) is 0 Å². The third-order valence-corrected chi connectivity index (χ3v) is 8.57. The second-order valence-corrected chi connectivity index (χ2v) is 12.9. The predicted molar refractivity (Wildman–Crippen MR) is 203 cm³/mol. The van der Waals surface area contributed by atoms with E-state index < -0.39 is 72.9 Å². The Morgan fingerprint density at radius 2 is 1.31 bits per heavy atom. The average Bonchev–Trinajstić information content (AvgIpc) is 3.15. The topological polar surface area (TPSA) is 328 Å². The van der Waals surface area contributed by atoms with Gasteiger partial charge in [0.15, 0.2) is 0 Å². The molecule has 304 valence electrons. The molecule has 19 nitrogen and oxygen atoms in total. The molecule has 0 aliphatic rings. The Morgan fingerprint density at radius 3 is 1.91 bits per heavy atom. The Kier molecular flexibility index (Phi) is 23.4. The maximum atomic E-state index is 13.0. The number of benzene rings is 1. The molecule has 1 aromatic rings. The van der Waals surface area contributed by atoms with Crippen LogP contribution in [-0.2, 0) is 28.8 Å². The van der Waals surface area contributed by atoms with Gasteiger partial charge < -0.3 is 59.9 Å². The Labute approximate surface area is 316 Å². The highest BCUT2D eigenvalue weighted by Gasteiger charge is 2.26. The highest BCUT2D eigenvalue weighted by molar-refractivity contribution is 5.99. The third kappa shape index (κ3) is 19.3. The minimum absolute atomic E-state index is 0.0157. The molecule has 0 aliphatic carbocycles. The summed E-state index contributed by atoms with van der Waals surface area (Å²) in [5, 5.41) is 28.6. The van der Waals surface area contributed by atoms with Crippen LogP contribution in [0.3, 0.4) is 0 Å². The van der Waals surface area contributed by atoms with E-state index in [0.29, 0.717) is 63.0 Å². The molecule has 0 aromatic heterocycles. The number of amides is 7. The molecule has 16 N–H and O–H groups in total. The molecule has 0 saturated heterocycles. The van der Waals surface area contributed by atoms with Crippen LogP contribution in [0.4, 0.5) is 5.69 Å². The van der Waals surface area contributed by atoms with Crippen LogP contribution in [-0.4, -0.2) is 110 Å². The minimum atomic E-state index is -1.12. The van der Waals surface area contributed by atoms with Gasteiger partial charge in [0.1, 0.15) is 24.4 Å². The molecule has 1 rings (SSSR count). The van der Waals surface area contributed by atoms with E-state index in [1.54, 1.807) is 31.2 Å².